The first-order chi connectivity index (χ1) is 6.83. The third kappa shape index (κ3) is 1.48. The maximum atomic E-state index is 4.49. The molecule has 0 aliphatic rings. The first kappa shape index (κ1) is 9.15. The van der Waals surface area contributed by atoms with Crippen LogP contribution >= 0.6 is 0 Å². The highest BCUT2D eigenvalue weighted by Crippen LogP contribution is 2.10. The van der Waals surface area contributed by atoms with Crippen molar-refractivity contribution in [2.75, 3.05) is 13.6 Å². The van der Waals surface area contributed by atoms with Crippen LogP contribution in [0.1, 0.15) is 11.5 Å². The van der Waals surface area contributed by atoms with Gasteiger partial charge in [0.15, 0.2) is 0 Å². The normalized spacial score (nSPS) is 11.0. The third-order valence-corrected chi connectivity index (χ3v) is 2.26. The van der Waals surface area contributed by atoms with Crippen LogP contribution in [-0.4, -0.2) is 28.2 Å². The molecule has 2 rings (SSSR count). The molecular formula is C10H14N4. The van der Waals surface area contributed by atoms with E-state index in [0.717, 1.165) is 30.0 Å². The summed E-state index contributed by atoms with van der Waals surface area (Å²) in [6.07, 6.45) is 2.73. The number of nitrogens with one attached hydrogen (secondary N) is 1. The Morgan fingerprint density at radius 1 is 1.50 bits per heavy atom. The van der Waals surface area contributed by atoms with Gasteiger partial charge in [0, 0.05) is 19.2 Å². The van der Waals surface area contributed by atoms with Crippen molar-refractivity contribution in [1.82, 2.24) is 19.9 Å². The van der Waals surface area contributed by atoms with E-state index >= 15 is 0 Å². The molecule has 0 saturated carbocycles. The zero-order chi connectivity index (χ0) is 9.97. The molecule has 0 aromatic carbocycles. The van der Waals surface area contributed by atoms with Crippen LogP contribution < -0.4 is 5.32 Å². The highest BCUT2D eigenvalue weighted by Gasteiger charge is 2.06. The molecule has 0 spiro atoms. The van der Waals surface area contributed by atoms with Crippen molar-refractivity contribution in [1.29, 1.82) is 0 Å². The Balaban J connectivity index is 2.44. The fraction of sp³-hybridized carbons (Fsp3) is 0.400. The first-order valence-corrected chi connectivity index (χ1v) is 4.77. The summed E-state index contributed by atoms with van der Waals surface area (Å²) in [6, 6.07) is 4.00. The van der Waals surface area contributed by atoms with E-state index < -0.39 is 0 Å². The van der Waals surface area contributed by atoms with E-state index in [9.17, 15) is 0 Å². The fourth-order valence-electron chi connectivity index (χ4n) is 1.58. The van der Waals surface area contributed by atoms with Gasteiger partial charge in [-0.25, -0.2) is 9.50 Å². The van der Waals surface area contributed by atoms with Crippen LogP contribution in [0.5, 0.6) is 0 Å². The number of hydrogen-bond acceptors (Lipinski definition) is 3. The molecule has 2 heterocycles. The predicted molar refractivity (Wildman–Crippen MR) is 55.4 cm³/mol. The minimum Gasteiger partial charge on any atom is -0.319 e. The number of likely N-dealkylation sites (N-methyl/N-ethyl adjacent to an activating group) is 1. The van der Waals surface area contributed by atoms with Crippen LogP contribution in [0.3, 0.4) is 0 Å². The Hall–Kier alpha value is -1.42. The molecule has 4 heteroatoms. The van der Waals surface area contributed by atoms with E-state index in [-0.39, 0.29) is 0 Å². The van der Waals surface area contributed by atoms with Gasteiger partial charge < -0.3 is 5.32 Å². The minimum atomic E-state index is 0.944. The summed E-state index contributed by atoms with van der Waals surface area (Å²) in [7, 11) is 1.95. The van der Waals surface area contributed by atoms with Crippen LogP contribution in [0.4, 0.5) is 0 Å². The molecule has 74 valence electrons. The summed E-state index contributed by atoms with van der Waals surface area (Å²) >= 11 is 0. The average Bonchev–Trinajstić information content (AvgIpc) is 2.54. The van der Waals surface area contributed by atoms with Gasteiger partial charge >= 0.3 is 0 Å². The van der Waals surface area contributed by atoms with Gasteiger partial charge in [0.25, 0.3) is 0 Å². The SMILES string of the molecule is CNCCc1nc(C)n2ncccc12. The van der Waals surface area contributed by atoms with Crippen molar-refractivity contribution in [2.45, 2.75) is 13.3 Å². The number of hydrogen-bond donors (Lipinski definition) is 1. The quantitative estimate of drug-likeness (QED) is 0.778. The molecule has 0 aliphatic heterocycles. The predicted octanol–water partition coefficient (Wildman–Crippen LogP) is 0.800. The summed E-state index contributed by atoms with van der Waals surface area (Å²) in [4.78, 5) is 4.49. The lowest BCUT2D eigenvalue weighted by atomic mass is 10.3. The summed E-state index contributed by atoms with van der Waals surface area (Å²) < 4.78 is 1.88. The topological polar surface area (TPSA) is 42.2 Å². The Morgan fingerprint density at radius 3 is 3.14 bits per heavy atom. The molecule has 0 atom stereocenters. The smallest absolute Gasteiger partial charge is 0.127 e. The maximum Gasteiger partial charge on any atom is 0.127 e. The lowest BCUT2D eigenvalue weighted by Gasteiger charge is -1.96. The van der Waals surface area contributed by atoms with Crippen molar-refractivity contribution in [3.8, 4) is 0 Å². The molecule has 0 saturated heterocycles. The van der Waals surface area contributed by atoms with Crippen molar-refractivity contribution in [2.24, 2.45) is 0 Å². The van der Waals surface area contributed by atoms with Gasteiger partial charge in [-0.1, -0.05) is 0 Å². The van der Waals surface area contributed by atoms with Gasteiger partial charge in [-0.05, 0) is 26.1 Å². The molecule has 1 N–H and O–H groups in total. The van der Waals surface area contributed by atoms with E-state index in [2.05, 4.69) is 21.5 Å². The molecule has 0 unspecified atom stereocenters. The Morgan fingerprint density at radius 2 is 2.36 bits per heavy atom. The number of nitrogens with zero attached hydrogens (tertiary/aromatic N) is 3. The molecule has 0 aliphatic carbocycles. The van der Waals surface area contributed by atoms with Crippen LogP contribution in [0.2, 0.25) is 0 Å². The lowest BCUT2D eigenvalue weighted by Crippen LogP contribution is -2.10. The zero-order valence-corrected chi connectivity index (χ0v) is 8.49. The number of aryl methyl sites for hydroxylation is 1. The van der Waals surface area contributed by atoms with E-state index in [1.165, 1.54) is 0 Å². The standard InChI is InChI=1S/C10H14N4/c1-8-13-9(5-7-11-2)10-4-3-6-12-14(8)10/h3-4,6,11H,5,7H2,1-2H3. The highest BCUT2D eigenvalue weighted by atomic mass is 15.3. The summed E-state index contributed by atoms with van der Waals surface area (Å²) in [5, 5.41) is 7.36. The van der Waals surface area contributed by atoms with Gasteiger partial charge in [-0.2, -0.15) is 5.10 Å². The molecule has 4 nitrogen and oxygen atoms in total. The Labute approximate surface area is 83.0 Å². The molecule has 0 amide bonds. The van der Waals surface area contributed by atoms with Crippen molar-refractivity contribution in [3.63, 3.8) is 0 Å². The van der Waals surface area contributed by atoms with Gasteiger partial charge in [0.1, 0.15) is 5.82 Å². The Bertz CT molecular complexity index is 433. The number of rotatable bonds is 3. The third-order valence-electron chi connectivity index (χ3n) is 2.26. The van der Waals surface area contributed by atoms with Crippen LogP contribution in [-0.2, 0) is 6.42 Å². The van der Waals surface area contributed by atoms with Crippen molar-refractivity contribution < 1.29 is 0 Å². The minimum absolute atomic E-state index is 0.944. The average molecular weight is 190 g/mol. The molecule has 2 aromatic rings. The molecule has 0 bridgehead atoms. The fourth-order valence-corrected chi connectivity index (χ4v) is 1.58. The summed E-state index contributed by atoms with van der Waals surface area (Å²) in [6.45, 7) is 2.92. The number of fused-ring (bicyclic) bond motifs is 1. The van der Waals surface area contributed by atoms with Crippen molar-refractivity contribution in [3.05, 3.63) is 29.8 Å². The van der Waals surface area contributed by atoms with Crippen LogP contribution in [0, 0.1) is 6.92 Å². The number of aromatic nitrogens is 3. The second-order valence-electron chi connectivity index (χ2n) is 3.28. The first-order valence-electron chi connectivity index (χ1n) is 4.77. The lowest BCUT2D eigenvalue weighted by molar-refractivity contribution is 0.782. The highest BCUT2D eigenvalue weighted by molar-refractivity contribution is 5.51. The van der Waals surface area contributed by atoms with Gasteiger partial charge in [0.2, 0.25) is 0 Å². The largest absolute Gasteiger partial charge is 0.319 e. The molecule has 0 radical (unpaired) electrons. The second-order valence-corrected chi connectivity index (χ2v) is 3.28. The molecule has 14 heavy (non-hydrogen) atoms. The molecule has 2 aromatic heterocycles. The van der Waals surface area contributed by atoms with Crippen LogP contribution in [0.25, 0.3) is 5.52 Å². The maximum absolute atomic E-state index is 4.49. The van der Waals surface area contributed by atoms with Gasteiger partial charge in [-0.15, -0.1) is 0 Å². The van der Waals surface area contributed by atoms with E-state index in [0.29, 0.717) is 0 Å². The van der Waals surface area contributed by atoms with E-state index in [4.69, 9.17) is 0 Å². The summed E-state index contributed by atoms with van der Waals surface area (Å²) in [5.41, 5.74) is 2.23. The van der Waals surface area contributed by atoms with Crippen molar-refractivity contribution >= 4 is 5.52 Å². The number of imidazole rings is 1. The molecular weight excluding hydrogens is 176 g/mol. The van der Waals surface area contributed by atoms with Gasteiger partial charge in [-0.3, -0.25) is 0 Å². The molecule has 0 fully saturated rings. The zero-order valence-electron chi connectivity index (χ0n) is 8.49. The van der Waals surface area contributed by atoms with E-state index in [1.54, 1.807) is 6.20 Å². The second kappa shape index (κ2) is 3.75. The van der Waals surface area contributed by atoms with Crippen LogP contribution in [0.15, 0.2) is 18.3 Å². The Kier molecular flexibility index (Phi) is 2.45. The monoisotopic (exact) mass is 190 g/mol. The summed E-state index contributed by atoms with van der Waals surface area (Å²) in [5.74, 6) is 0.951. The van der Waals surface area contributed by atoms with E-state index in [1.807, 2.05) is 24.6 Å². The van der Waals surface area contributed by atoms with Gasteiger partial charge in [0.05, 0.1) is 11.2 Å².